The zero-order valence-electron chi connectivity index (χ0n) is 15.8. The Morgan fingerprint density at radius 2 is 1.78 bits per heavy atom. The molecule has 7 nitrogen and oxygen atoms in total. The molecule has 3 N–H and O–H groups in total. The van der Waals surface area contributed by atoms with Gasteiger partial charge in [0.25, 0.3) is 5.91 Å². The molecule has 0 saturated heterocycles. The van der Waals surface area contributed by atoms with E-state index in [1.807, 2.05) is 19.1 Å². The molecule has 1 unspecified atom stereocenters. The zero-order valence-corrected chi connectivity index (χ0v) is 20.5. The van der Waals surface area contributed by atoms with Gasteiger partial charge < -0.3 is 16.0 Å². The summed E-state index contributed by atoms with van der Waals surface area (Å²) in [4.78, 5) is 16.1. The maximum absolute atomic E-state index is 12.0. The van der Waals surface area contributed by atoms with Crippen LogP contribution < -0.4 is 16.0 Å². The van der Waals surface area contributed by atoms with E-state index in [9.17, 15) is 13.2 Å². The molecule has 0 fully saturated rings. The van der Waals surface area contributed by atoms with Gasteiger partial charge in [-0.05, 0) is 44.0 Å². The predicted molar refractivity (Wildman–Crippen MR) is 125 cm³/mol. The molecule has 154 valence electrons. The van der Waals surface area contributed by atoms with E-state index in [0.717, 1.165) is 10.9 Å². The minimum absolute atomic E-state index is 0. The van der Waals surface area contributed by atoms with Crippen LogP contribution in [-0.4, -0.2) is 58.5 Å². The number of hydrogen-bond acceptors (Lipinski definition) is 4. The molecule has 27 heavy (non-hydrogen) atoms. The maximum Gasteiger partial charge on any atom is 0.251 e. The second kappa shape index (κ2) is 13.3. The highest BCUT2D eigenvalue weighted by atomic mass is 127. The quantitative estimate of drug-likeness (QED) is 0.182. The van der Waals surface area contributed by atoms with Gasteiger partial charge in [0.1, 0.15) is 9.84 Å². The van der Waals surface area contributed by atoms with E-state index < -0.39 is 9.84 Å². The van der Waals surface area contributed by atoms with Crippen molar-refractivity contribution in [3.05, 3.63) is 34.3 Å². The molecule has 0 saturated carbocycles. The summed E-state index contributed by atoms with van der Waals surface area (Å²) >= 11 is 3.34. The lowest BCUT2D eigenvalue weighted by Crippen LogP contribution is -2.43. The molecule has 0 radical (unpaired) electrons. The standard InChI is InChI=1S/C17H27BrN4O3S.HI/c1-13(9-12-26(3,24)25)22-17(19-2)21-11-4-10-20-16(23)14-5-7-15(18)8-6-14;/h5-8,13H,4,9-12H2,1-3H3,(H,20,23)(H2,19,21,22);1H. The summed E-state index contributed by atoms with van der Waals surface area (Å²) in [5.74, 6) is 0.653. The van der Waals surface area contributed by atoms with Crippen molar-refractivity contribution in [2.75, 3.05) is 32.1 Å². The van der Waals surface area contributed by atoms with Crippen LogP contribution in [0.4, 0.5) is 0 Å². The molecule has 1 amide bonds. The minimum Gasteiger partial charge on any atom is -0.356 e. The highest BCUT2D eigenvalue weighted by Gasteiger charge is 2.09. The lowest BCUT2D eigenvalue weighted by atomic mass is 10.2. The van der Waals surface area contributed by atoms with Crippen LogP contribution >= 0.6 is 39.9 Å². The number of hydrogen-bond donors (Lipinski definition) is 3. The third kappa shape index (κ3) is 12.2. The average molecular weight is 575 g/mol. The summed E-state index contributed by atoms with van der Waals surface area (Å²) in [6.07, 6.45) is 2.48. The van der Waals surface area contributed by atoms with Gasteiger partial charge in [0.2, 0.25) is 0 Å². The largest absolute Gasteiger partial charge is 0.356 e. The Hall–Kier alpha value is -0.880. The van der Waals surface area contributed by atoms with Crippen molar-refractivity contribution in [2.45, 2.75) is 25.8 Å². The van der Waals surface area contributed by atoms with Crippen LogP contribution in [0.15, 0.2) is 33.7 Å². The third-order valence-electron chi connectivity index (χ3n) is 3.57. The lowest BCUT2D eigenvalue weighted by Gasteiger charge is -2.17. The second-order valence-electron chi connectivity index (χ2n) is 6.08. The van der Waals surface area contributed by atoms with Crippen molar-refractivity contribution in [2.24, 2.45) is 4.99 Å². The number of nitrogens with one attached hydrogen (secondary N) is 3. The van der Waals surface area contributed by atoms with Crippen LogP contribution in [0.3, 0.4) is 0 Å². The summed E-state index contributed by atoms with van der Waals surface area (Å²) in [7, 11) is -1.30. The molecule has 0 aliphatic rings. The van der Waals surface area contributed by atoms with E-state index in [4.69, 9.17) is 0 Å². The fourth-order valence-corrected chi connectivity index (χ4v) is 3.14. The average Bonchev–Trinajstić information content (AvgIpc) is 2.58. The Kier molecular flexibility index (Phi) is 12.9. The van der Waals surface area contributed by atoms with Crippen molar-refractivity contribution in [1.29, 1.82) is 0 Å². The van der Waals surface area contributed by atoms with E-state index in [0.29, 0.717) is 31.0 Å². The fourth-order valence-electron chi connectivity index (χ4n) is 2.09. The summed E-state index contributed by atoms with van der Waals surface area (Å²) in [6.45, 7) is 3.10. The van der Waals surface area contributed by atoms with Gasteiger partial charge >= 0.3 is 0 Å². The number of guanidine groups is 1. The van der Waals surface area contributed by atoms with Crippen molar-refractivity contribution < 1.29 is 13.2 Å². The molecule has 1 atom stereocenters. The number of carbonyl (C=O) groups is 1. The third-order valence-corrected chi connectivity index (χ3v) is 5.07. The smallest absolute Gasteiger partial charge is 0.251 e. The molecular weight excluding hydrogens is 547 g/mol. The number of carbonyl (C=O) groups excluding carboxylic acids is 1. The SMILES string of the molecule is CN=C(NCCCNC(=O)c1ccc(Br)cc1)NC(C)CCS(C)(=O)=O.I. The van der Waals surface area contributed by atoms with Crippen LogP contribution in [-0.2, 0) is 9.84 Å². The van der Waals surface area contributed by atoms with E-state index >= 15 is 0 Å². The number of benzene rings is 1. The van der Waals surface area contributed by atoms with Gasteiger partial charge in [-0.25, -0.2) is 8.42 Å². The summed E-state index contributed by atoms with van der Waals surface area (Å²) in [5, 5.41) is 9.17. The normalized spacial score (nSPS) is 12.7. The summed E-state index contributed by atoms with van der Waals surface area (Å²) in [5.41, 5.74) is 0.623. The molecule has 0 aliphatic carbocycles. The Balaban J connectivity index is 0.00000676. The maximum atomic E-state index is 12.0. The number of amides is 1. The van der Waals surface area contributed by atoms with Gasteiger partial charge in [-0.3, -0.25) is 9.79 Å². The lowest BCUT2D eigenvalue weighted by molar-refractivity contribution is 0.0953. The number of aliphatic imine (C=N–C) groups is 1. The van der Waals surface area contributed by atoms with E-state index in [-0.39, 0.29) is 41.7 Å². The van der Waals surface area contributed by atoms with Crippen LogP contribution in [0.1, 0.15) is 30.1 Å². The Bertz CT molecular complexity index is 711. The molecule has 0 spiro atoms. The van der Waals surface area contributed by atoms with Gasteiger partial charge in [0.15, 0.2) is 5.96 Å². The first kappa shape index (κ1) is 26.1. The van der Waals surface area contributed by atoms with Gasteiger partial charge in [0, 0.05) is 42.5 Å². The molecule has 1 rings (SSSR count). The van der Waals surface area contributed by atoms with Crippen molar-refractivity contribution in [3.63, 3.8) is 0 Å². The van der Waals surface area contributed by atoms with Gasteiger partial charge in [-0.2, -0.15) is 0 Å². The molecule has 0 aromatic heterocycles. The molecule has 0 bridgehead atoms. The first-order chi connectivity index (χ1) is 12.2. The van der Waals surface area contributed by atoms with Crippen LogP contribution in [0.2, 0.25) is 0 Å². The summed E-state index contributed by atoms with van der Waals surface area (Å²) in [6, 6.07) is 7.18. The number of halogens is 2. The van der Waals surface area contributed by atoms with Crippen LogP contribution in [0, 0.1) is 0 Å². The van der Waals surface area contributed by atoms with Gasteiger partial charge in [0.05, 0.1) is 5.75 Å². The van der Waals surface area contributed by atoms with Gasteiger partial charge in [-0.1, -0.05) is 15.9 Å². The first-order valence-corrected chi connectivity index (χ1v) is 11.3. The van der Waals surface area contributed by atoms with E-state index in [1.54, 1.807) is 19.2 Å². The Morgan fingerprint density at radius 3 is 2.33 bits per heavy atom. The van der Waals surface area contributed by atoms with E-state index in [2.05, 4.69) is 36.9 Å². The molecular formula is C17H28BrIN4O3S. The number of rotatable bonds is 9. The zero-order chi connectivity index (χ0) is 19.6. The molecule has 1 aromatic carbocycles. The number of nitrogens with zero attached hydrogens (tertiary/aromatic N) is 1. The fraction of sp³-hybridized carbons (Fsp3) is 0.529. The van der Waals surface area contributed by atoms with Crippen LogP contribution in [0.25, 0.3) is 0 Å². The highest BCUT2D eigenvalue weighted by molar-refractivity contribution is 14.0. The monoisotopic (exact) mass is 574 g/mol. The Labute approximate surface area is 187 Å². The van der Waals surface area contributed by atoms with Crippen molar-refractivity contribution >= 4 is 61.6 Å². The summed E-state index contributed by atoms with van der Waals surface area (Å²) < 4.78 is 23.3. The van der Waals surface area contributed by atoms with Crippen molar-refractivity contribution in [3.8, 4) is 0 Å². The van der Waals surface area contributed by atoms with Crippen LogP contribution in [0.5, 0.6) is 0 Å². The van der Waals surface area contributed by atoms with Gasteiger partial charge in [-0.15, -0.1) is 24.0 Å². The molecule has 1 aromatic rings. The predicted octanol–water partition coefficient (Wildman–Crippen LogP) is 2.18. The highest BCUT2D eigenvalue weighted by Crippen LogP contribution is 2.10. The minimum atomic E-state index is -2.96. The van der Waals surface area contributed by atoms with Crippen molar-refractivity contribution in [1.82, 2.24) is 16.0 Å². The first-order valence-electron chi connectivity index (χ1n) is 8.40. The Morgan fingerprint density at radius 1 is 1.19 bits per heavy atom. The second-order valence-corrected chi connectivity index (χ2v) is 9.25. The topological polar surface area (TPSA) is 99.7 Å². The molecule has 0 heterocycles. The molecule has 0 aliphatic heterocycles. The molecule has 10 heteroatoms. The van der Waals surface area contributed by atoms with E-state index in [1.165, 1.54) is 6.26 Å². The number of sulfone groups is 1.